The van der Waals surface area contributed by atoms with Crippen LogP contribution in [0.15, 0.2) is 23.1 Å². The molecule has 5 heteroatoms. The van der Waals surface area contributed by atoms with Gasteiger partial charge in [0.2, 0.25) is 0 Å². The number of hydrogen-bond donors (Lipinski definition) is 2. The molecule has 150 valence electrons. The van der Waals surface area contributed by atoms with Crippen LogP contribution in [0.5, 0.6) is 0 Å². The Morgan fingerprint density at radius 1 is 1.11 bits per heavy atom. The number of benzene rings is 1. The Balaban J connectivity index is 0.000000158. The van der Waals surface area contributed by atoms with Crippen molar-refractivity contribution in [3.63, 3.8) is 0 Å². The molecule has 4 aliphatic carbocycles. The van der Waals surface area contributed by atoms with Crippen molar-refractivity contribution in [3.05, 3.63) is 28.8 Å². The van der Waals surface area contributed by atoms with Gasteiger partial charge in [-0.25, -0.2) is 4.72 Å². The second-order valence-corrected chi connectivity index (χ2v) is 10.5. The fourth-order valence-electron chi connectivity index (χ4n) is 5.25. The average Bonchev–Trinajstić information content (AvgIpc) is 2.63. The second kappa shape index (κ2) is 8.86. The Morgan fingerprint density at radius 2 is 1.70 bits per heavy atom. The number of hydrogen-bond acceptors (Lipinski definition) is 4. The Morgan fingerprint density at radius 3 is 2.19 bits per heavy atom. The van der Waals surface area contributed by atoms with Crippen LogP contribution < -0.4 is 10.0 Å². The Kier molecular flexibility index (Phi) is 6.94. The van der Waals surface area contributed by atoms with Gasteiger partial charge in [0, 0.05) is 16.0 Å². The second-order valence-electron chi connectivity index (χ2n) is 9.20. The standard InChI is InChI=1S/C11H14ClNOS.C11H19N/c1-8-4-5-9(6-10(8)12)15-13-11(2,3)7-14;1-12-11-9-3-7-2-8(5-9)6-10(11)4-7/h4-7,13H,1-3H3;7-12H,2-6H2,1H3. The van der Waals surface area contributed by atoms with Gasteiger partial charge >= 0.3 is 0 Å². The van der Waals surface area contributed by atoms with Crippen molar-refractivity contribution in [1.29, 1.82) is 0 Å². The predicted molar refractivity (Wildman–Crippen MR) is 115 cm³/mol. The molecule has 0 atom stereocenters. The van der Waals surface area contributed by atoms with Crippen molar-refractivity contribution in [2.24, 2.45) is 23.7 Å². The lowest BCUT2D eigenvalue weighted by Crippen LogP contribution is -2.53. The van der Waals surface area contributed by atoms with E-state index in [1.807, 2.05) is 39.0 Å². The molecule has 4 bridgehead atoms. The van der Waals surface area contributed by atoms with Gasteiger partial charge in [0.25, 0.3) is 0 Å². The first-order chi connectivity index (χ1) is 12.8. The Hall–Kier alpha value is -0.550. The molecular formula is C22H33ClN2OS. The zero-order valence-corrected chi connectivity index (χ0v) is 18.5. The van der Waals surface area contributed by atoms with Gasteiger partial charge in [-0.15, -0.1) is 0 Å². The highest BCUT2D eigenvalue weighted by Gasteiger charge is 2.47. The first-order valence-electron chi connectivity index (χ1n) is 10.1. The van der Waals surface area contributed by atoms with Crippen molar-refractivity contribution in [3.8, 4) is 0 Å². The third-order valence-corrected chi connectivity index (χ3v) is 7.95. The van der Waals surface area contributed by atoms with Crippen LogP contribution in [-0.4, -0.2) is 24.9 Å². The van der Waals surface area contributed by atoms with Crippen molar-refractivity contribution < 1.29 is 4.79 Å². The van der Waals surface area contributed by atoms with E-state index in [0.717, 1.165) is 51.5 Å². The highest BCUT2D eigenvalue weighted by molar-refractivity contribution is 7.97. The van der Waals surface area contributed by atoms with E-state index in [4.69, 9.17) is 11.6 Å². The van der Waals surface area contributed by atoms with Crippen LogP contribution >= 0.6 is 23.5 Å². The van der Waals surface area contributed by atoms with Crippen LogP contribution in [0.3, 0.4) is 0 Å². The number of halogens is 1. The number of nitrogens with one attached hydrogen (secondary N) is 2. The summed E-state index contributed by atoms with van der Waals surface area (Å²) in [7, 11) is 2.16. The average molecular weight is 409 g/mol. The summed E-state index contributed by atoms with van der Waals surface area (Å²) >= 11 is 7.40. The molecule has 0 heterocycles. The van der Waals surface area contributed by atoms with Crippen LogP contribution in [0.25, 0.3) is 0 Å². The third kappa shape index (κ3) is 5.29. The first kappa shape index (κ1) is 21.2. The lowest BCUT2D eigenvalue weighted by molar-refractivity contribution is -0.111. The SMILES string of the molecule is CNC1C2CC3CC(C2)CC1C3.Cc1ccc(SNC(C)(C)C=O)cc1Cl. The number of aryl methyl sites for hydroxylation is 1. The van der Waals surface area contributed by atoms with Gasteiger partial charge in [-0.1, -0.05) is 17.7 Å². The molecule has 2 N–H and O–H groups in total. The predicted octanol–water partition coefficient (Wildman–Crippen LogP) is 5.25. The maximum Gasteiger partial charge on any atom is 0.140 e. The first-order valence-corrected chi connectivity index (χ1v) is 11.3. The van der Waals surface area contributed by atoms with E-state index in [9.17, 15) is 4.79 Å². The summed E-state index contributed by atoms with van der Waals surface area (Å²) in [5.41, 5.74) is 0.526. The van der Waals surface area contributed by atoms with E-state index in [0.29, 0.717) is 0 Å². The highest BCUT2D eigenvalue weighted by atomic mass is 35.5. The molecular weight excluding hydrogens is 376 g/mol. The summed E-state index contributed by atoms with van der Waals surface area (Å²) in [6, 6.07) is 6.70. The highest BCUT2D eigenvalue weighted by Crippen LogP contribution is 2.53. The van der Waals surface area contributed by atoms with Crippen molar-refractivity contribution in [1.82, 2.24) is 10.0 Å². The Labute approximate surface area is 173 Å². The minimum atomic E-state index is -0.526. The van der Waals surface area contributed by atoms with Crippen LogP contribution in [0.2, 0.25) is 5.02 Å². The lowest BCUT2D eigenvalue weighted by atomic mass is 9.54. The van der Waals surface area contributed by atoms with E-state index in [2.05, 4.69) is 17.1 Å². The van der Waals surface area contributed by atoms with E-state index < -0.39 is 5.54 Å². The molecule has 0 saturated heterocycles. The topological polar surface area (TPSA) is 41.1 Å². The van der Waals surface area contributed by atoms with Crippen molar-refractivity contribution in [2.75, 3.05) is 7.05 Å². The maximum absolute atomic E-state index is 10.7. The summed E-state index contributed by atoms with van der Waals surface area (Å²) < 4.78 is 3.06. The summed E-state index contributed by atoms with van der Waals surface area (Å²) in [5, 5.41) is 4.29. The zero-order valence-electron chi connectivity index (χ0n) is 16.9. The fraction of sp³-hybridized carbons (Fsp3) is 0.682. The van der Waals surface area contributed by atoms with Crippen LogP contribution in [0, 0.1) is 30.6 Å². The van der Waals surface area contributed by atoms with Gasteiger partial charge < -0.3 is 10.1 Å². The third-order valence-electron chi connectivity index (χ3n) is 6.43. The van der Waals surface area contributed by atoms with Gasteiger partial charge in [-0.2, -0.15) is 0 Å². The van der Waals surface area contributed by atoms with E-state index >= 15 is 0 Å². The molecule has 3 nitrogen and oxygen atoms in total. The molecule has 27 heavy (non-hydrogen) atoms. The monoisotopic (exact) mass is 408 g/mol. The van der Waals surface area contributed by atoms with Gasteiger partial charge in [0.1, 0.15) is 6.29 Å². The van der Waals surface area contributed by atoms with E-state index in [-0.39, 0.29) is 0 Å². The van der Waals surface area contributed by atoms with Crippen LogP contribution in [0.1, 0.15) is 51.5 Å². The molecule has 4 fully saturated rings. The molecule has 0 unspecified atom stereocenters. The van der Waals surface area contributed by atoms with Crippen molar-refractivity contribution in [2.45, 2.75) is 69.4 Å². The fourth-order valence-corrected chi connectivity index (χ4v) is 6.24. The van der Waals surface area contributed by atoms with Crippen LogP contribution in [-0.2, 0) is 4.79 Å². The summed E-state index contributed by atoms with van der Waals surface area (Å²) in [6.07, 6.45) is 8.62. The number of carbonyl (C=O) groups excluding carboxylic acids is 1. The molecule has 5 rings (SSSR count). The molecule has 0 amide bonds. The van der Waals surface area contributed by atoms with Crippen LogP contribution in [0.4, 0.5) is 0 Å². The molecule has 4 saturated carbocycles. The van der Waals surface area contributed by atoms with Gasteiger partial charge in [-0.3, -0.25) is 0 Å². The molecule has 4 aliphatic rings. The molecule has 1 aromatic rings. The van der Waals surface area contributed by atoms with E-state index in [1.165, 1.54) is 11.9 Å². The largest absolute Gasteiger partial charge is 0.316 e. The number of rotatable bonds is 5. The molecule has 0 aliphatic heterocycles. The minimum absolute atomic E-state index is 0.526. The number of carbonyl (C=O) groups is 1. The molecule has 0 spiro atoms. The Bertz CT molecular complexity index is 636. The smallest absolute Gasteiger partial charge is 0.140 e. The lowest BCUT2D eigenvalue weighted by Gasteiger charge is -2.54. The summed E-state index contributed by atoms with van der Waals surface area (Å²) in [6.45, 7) is 5.60. The maximum atomic E-state index is 10.7. The summed E-state index contributed by atoms with van der Waals surface area (Å²) in [4.78, 5) is 11.7. The quantitative estimate of drug-likeness (QED) is 0.515. The number of aldehydes is 1. The van der Waals surface area contributed by atoms with Gasteiger partial charge in [0.15, 0.2) is 0 Å². The molecule has 0 aromatic heterocycles. The van der Waals surface area contributed by atoms with Crippen molar-refractivity contribution >= 4 is 29.8 Å². The summed E-state index contributed by atoms with van der Waals surface area (Å²) in [5.74, 6) is 4.34. The minimum Gasteiger partial charge on any atom is -0.316 e. The zero-order chi connectivity index (χ0) is 19.6. The molecule has 1 aromatic carbocycles. The van der Waals surface area contributed by atoms with Gasteiger partial charge in [0.05, 0.1) is 5.54 Å². The normalized spacial score (nSPS) is 31.4. The van der Waals surface area contributed by atoms with Gasteiger partial charge in [-0.05, 0) is 113 Å². The molecule has 0 radical (unpaired) electrons. The van der Waals surface area contributed by atoms with E-state index in [1.54, 1.807) is 32.1 Å².